The van der Waals surface area contributed by atoms with Crippen molar-refractivity contribution >= 4 is 18.0 Å². The molecular formula is C20H28NO3S+. The molecule has 0 saturated heterocycles. The summed E-state index contributed by atoms with van der Waals surface area (Å²) in [6.07, 6.45) is 2.49. The fourth-order valence-corrected chi connectivity index (χ4v) is 3.67. The Labute approximate surface area is 154 Å². The van der Waals surface area contributed by atoms with Gasteiger partial charge in [-0.3, -0.25) is 5.21 Å². The number of methoxy groups -OCH3 is 1. The molecule has 5 heteroatoms. The van der Waals surface area contributed by atoms with Gasteiger partial charge in [0.25, 0.3) is 6.21 Å². The van der Waals surface area contributed by atoms with Crippen molar-refractivity contribution in [3.63, 3.8) is 0 Å². The molecule has 2 aromatic rings. The molecule has 1 N–H and O–H groups in total. The molecule has 0 saturated carbocycles. The lowest BCUT2D eigenvalue weighted by molar-refractivity contribution is -0.821. The van der Waals surface area contributed by atoms with E-state index in [9.17, 15) is 5.21 Å². The first-order valence-electron chi connectivity index (χ1n) is 8.34. The molecule has 0 unspecified atom stereocenters. The van der Waals surface area contributed by atoms with Crippen LogP contribution in [0.2, 0.25) is 0 Å². The normalized spacial score (nSPS) is 13.1. The van der Waals surface area contributed by atoms with Gasteiger partial charge in [0, 0.05) is 25.2 Å². The number of benzene rings is 1. The van der Waals surface area contributed by atoms with Crippen molar-refractivity contribution in [1.82, 2.24) is 0 Å². The van der Waals surface area contributed by atoms with Crippen molar-refractivity contribution in [2.75, 3.05) is 7.11 Å². The fraction of sp³-hybridized carbons (Fsp3) is 0.450. The van der Waals surface area contributed by atoms with Crippen molar-refractivity contribution < 1.29 is 19.1 Å². The maximum atomic E-state index is 10.4. The van der Waals surface area contributed by atoms with Crippen molar-refractivity contribution in [1.29, 1.82) is 0 Å². The van der Waals surface area contributed by atoms with E-state index in [4.69, 9.17) is 9.15 Å². The lowest BCUT2D eigenvalue weighted by atomic mass is 9.82. The van der Waals surface area contributed by atoms with Crippen LogP contribution in [0.5, 0.6) is 5.75 Å². The van der Waals surface area contributed by atoms with E-state index in [-0.39, 0.29) is 11.0 Å². The van der Waals surface area contributed by atoms with Gasteiger partial charge in [0.2, 0.25) is 5.54 Å². The summed E-state index contributed by atoms with van der Waals surface area (Å²) in [6, 6.07) is 11.6. The molecule has 0 spiro atoms. The van der Waals surface area contributed by atoms with Crippen LogP contribution in [0, 0.1) is 5.41 Å². The van der Waals surface area contributed by atoms with Crippen LogP contribution in [0.4, 0.5) is 0 Å². The minimum Gasteiger partial charge on any atom is -0.497 e. The molecule has 0 aliphatic rings. The topological polar surface area (TPSA) is 45.6 Å². The molecule has 1 aromatic carbocycles. The van der Waals surface area contributed by atoms with Crippen molar-refractivity contribution in [3.05, 3.63) is 42.2 Å². The predicted molar refractivity (Wildman–Crippen MR) is 101 cm³/mol. The van der Waals surface area contributed by atoms with Crippen molar-refractivity contribution in [2.24, 2.45) is 5.41 Å². The SMILES string of the molecule is COc1ccc(Sc2ccc(/C=[N+](\O)C(C)(C)CC(C)(C)C)o2)cc1. The molecule has 25 heavy (non-hydrogen) atoms. The number of hydrogen-bond acceptors (Lipinski definition) is 4. The molecule has 2 rings (SSSR count). The van der Waals surface area contributed by atoms with Gasteiger partial charge in [-0.2, -0.15) is 0 Å². The van der Waals surface area contributed by atoms with Crippen LogP contribution in [-0.2, 0) is 0 Å². The smallest absolute Gasteiger partial charge is 0.258 e. The van der Waals surface area contributed by atoms with E-state index in [1.54, 1.807) is 13.3 Å². The zero-order valence-electron chi connectivity index (χ0n) is 15.9. The minimum absolute atomic E-state index is 0.122. The molecule has 4 nitrogen and oxygen atoms in total. The molecular weight excluding hydrogens is 334 g/mol. The third-order valence-electron chi connectivity index (χ3n) is 3.71. The van der Waals surface area contributed by atoms with E-state index in [1.165, 1.54) is 16.5 Å². The second-order valence-corrected chi connectivity index (χ2v) is 9.04. The number of hydroxylamine groups is 1. The van der Waals surface area contributed by atoms with E-state index in [1.807, 2.05) is 50.2 Å². The fourth-order valence-electron chi connectivity index (χ4n) is 2.89. The molecule has 0 aliphatic carbocycles. The molecule has 0 aliphatic heterocycles. The summed E-state index contributed by atoms with van der Waals surface area (Å²) in [5.74, 6) is 1.45. The monoisotopic (exact) mass is 362 g/mol. The standard InChI is InChI=1S/C20H28NO3S/c1-19(2,3)14-20(4,5)21(22)13-16-9-12-18(24-16)25-17-10-7-15(23-6)8-11-17/h7-13,22H,14H2,1-6H3/q+1/b21-13-. The first kappa shape index (κ1) is 19.4. The van der Waals surface area contributed by atoms with Crippen LogP contribution in [0.1, 0.15) is 46.8 Å². The Bertz CT molecular complexity index is 724. The van der Waals surface area contributed by atoms with Gasteiger partial charge in [-0.05, 0) is 46.6 Å². The lowest BCUT2D eigenvalue weighted by Crippen LogP contribution is -2.38. The summed E-state index contributed by atoms with van der Waals surface area (Å²) in [6.45, 7) is 10.5. The van der Waals surface area contributed by atoms with Gasteiger partial charge in [-0.25, -0.2) is 0 Å². The summed E-state index contributed by atoms with van der Waals surface area (Å²) in [4.78, 5) is 1.07. The Morgan fingerprint density at radius 1 is 1.08 bits per heavy atom. The van der Waals surface area contributed by atoms with Crippen molar-refractivity contribution in [2.45, 2.75) is 56.6 Å². The summed E-state index contributed by atoms with van der Waals surface area (Å²) >= 11 is 1.53. The van der Waals surface area contributed by atoms with Crippen LogP contribution in [0.3, 0.4) is 0 Å². The highest BCUT2D eigenvalue weighted by Crippen LogP contribution is 2.31. The minimum atomic E-state index is -0.381. The number of nitrogens with zero attached hydrogens (tertiary/aromatic N) is 1. The molecule has 0 fully saturated rings. The first-order chi connectivity index (χ1) is 11.6. The second-order valence-electron chi connectivity index (χ2n) is 7.96. The van der Waals surface area contributed by atoms with Gasteiger partial charge in [0.15, 0.2) is 10.9 Å². The van der Waals surface area contributed by atoms with Crippen molar-refractivity contribution in [3.8, 4) is 5.75 Å². The molecule has 136 valence electrons. The summed E-state index contributed by atoms with van der Waals surface area (Å²) < 4.78 is 12.2. The maximum Gasteiger partial charge on any atom is 0.258 e. The predicted octanol–water partition coefficient (Wildman–Crippen LogP) is 5.47. The first-order valence-corrected chi connectivity index (χ1v) is 9.16. The van der Waals surface area contributed by atoms with Crippen LogP contribution < -0.4 is 4.74 Å². The highest BCUT2D eigenvalue weighted by molar-refractivity contribution is 7.99. The average molecular weight is 363 g/mol. The lowest BCUT2D eigenvalue weighted by Gasteiger charge is -2.26. The number of hydrogen-bond donors (Lipinski definition) is 1. The Kier molecular flexibility index (Phi) is 5.88. The third kappa shape index (κ3) is 5.85. The highest BCUT2D eigenvalue weighted by atomic mass is 32.2. The Hall–Kier alpha value is -1.88. The Morgan fingerprint density at radius 3 is 2.28 bits per heavy atom. The van der Waals surface area contributed by atoms with E-state index in [0.717, 1.165) is 22.2 Å². The van der Waals surface area contributed by atoms with Crippen LogP contribution in [0.25, 0.3) is 0 Å². The van der Waals surface area contributed by atoms with Crippen LogP contribution >= 0.6 is 11.8 Å². The van der Waals surface area contributed by atoms with Gasteiger partial charge < -0.3 is 9.15 Å². The van der Waals surface area contributed by atoms with Gasteiger partial charge in [0.05, 0.1) is 7.11 Å². The van der Waals surface area contributed by atoms with Gasteiger partial charge >= 0.3 is 0 Å². The number of furan rings is 1. The van der Waals surface area contributed by atoms with E-state index in [2.05, 4.69) is 20.8 Å². The largest absolute Gasteiger partial charge is 0.497 e. The second kappa shape index (κ2) is 7.56. The van der Waals surface area contributed by atoms with E-state index >= 15 is 0 Å². The number of rotatable bonds is 6. The van der Waals surface area contributed by atoms with Crippen LogP contribution in [-0.4, -0.2) is 28.8 Å². The summed E-state index contributed by atoms with van der Waals surface area (Å²) in [5.41, 5.74) is -0.259. The quantitative estimate of drug-likeness (QED) is 0.320. The van der Waals surface area contributed by atoms with Gasteiger partial charge in [-0.15, -0.1) is 0 Å². The molecule has 0 amide bonds. The van der Waals surface area contributed by atoms with Crippen LogP contribution in [0.15, 0.2) is 50.8 Å². The molecule has 0 atom stereocenters. The Morgan fingerprint density at radius 2 is 1.72 bits per heavy atom. The third-order valence-corrected chi connectivity index (χ3v) is 4.64. The molecule has 0 bridgehead atoms. The van der Waals surface area contributed by atoms with Gasteiger partial charge in [0.1, 0.15) is 5.75 Å². The zero-order valence-corrected chi connectivity index (χ0v) is 16.7. The zero-order chi connectivity index (χ0) is 18.7. The van der Waals surface area contributed by atoms with E-state index in [0.29, 0.717) is 5.76 Å². The average Bonchev–Trinajstić information content (AvgIpc) is 2.92. The Balaban J connectivity index is 2.09. The number of ether oxygens (including phenoxy) is 1. The molecule has 1 heterocycles. The highest BCUT2D eigenvalue weighted by Gasteiger charge is 2.36. The summed E-state index contributed by atoms with van der Waals surface area (Å²) in [7, 11) is 1.65. The maximum absolute atomic E-state index is 10.4. The molecule has 1 aromatic heterocycles. The van der Waals surface area contributed by atoms with E-state index < -0.39 is 0 Å². The van der Waals surface area contributed by atoms with Gasteiger partial charge in [-0.1, -0.05) is 32.5 Å². The summed E-state index contributed by atoms with van der Waals surface area (Å²) in [5, 5.41) is 11.2. The molecule has 0 radical (unpaired) electrons.